The van der Waals surface area contributed by atoms with E-state index in [-0.39, 0.29) is 24.5 Å². The summed E-state index contributed by atoms with van der Waals surface area (Å²) in [5.74, 6) is -1.35. The van der Waals surface area contributed by atoms with E-state index in [2.05, 4.69) is 16.3 Å². The Hall–Kier alpha value is -2.91. The van der Waals surface area contributed by atoms with Gasteiger partial charge in [0, 0.05) is 25.2 Å². The Labute approximate surface area is 219 Å². The molecule has 2 saturated heterocycles. The third-order valence-electron chi connectivity index (χ3n) is 7.14. The third-order valence-corrected chi connectivity index (χ3v) is 7.14. The summed E-state index contributed by atoms with van der Waals surface area (Å²) in [6.07, 6.45) is 2.44. The maximum atomic E-state index is 13.4. The van der Waals surface area contributed by atoms with Gasteiger partial charge in [0.05, 0.1) is 24.7 Å². The van der Waals surface area contributed by atoms with Gasteiger partial charge in [-0.3, -0.25) is 9.69 Å². The molecule has 0 radical (unpaired) electrons. The van der Waals surface area contributed by atoms with Crippen LogP contribution in [-0.4, -0.2) is 95.4 Å². The Bertz CT molecular complexity index is 1010. The molecule has 3 N–H and O–H groups in total. The lowest BCUT2D eigenvalue weighted by atomic mass is 9.76. The van der Waals surface area contributed by atoms with Gasteiger partial charge in [-0.15, -0.1) is 0 Å². The van der Waals surface area contributed by atoms with Gasteiger partial charge in [0.1, 0.15) is 18.2 Å². The summed E-state index contributed by atoms with van der Waals surface area (Å²) in [5, 5.41) is 31.8. The molecular weight excluding hydrogens is 475 g/mol. The van der Waals surface area contributed by atoms with Gasteiger partial charge in [-0.2, -0.15) is 5.26 Å². The standard InChI is InChI=1S/C26H37BN4O6/c1-25(2,30-12-14-36-15-13-30)17-21(18-28)23(32)31-11-7-10-26(31,3)19-37-24(33)29-22(27(34)35)16-20-8-5-4-6-9-20/h4-6,8-9,17,22,34-35H,7,10-16,19H2,1-3H3,(H,29,33)/t22?,26-/m1/s1. The van der Waals surface area contributed by atoms with Crippen LogP contribution in [0.2, 0.25) is 0 Å². The van der Waals surface area contributed by atoms with Gasteiger partial charge >= 0.3 is 13.2 Å². The molecule has 2 aliphatic heterocycles. The molecule has 2 atom stereocenters. The molecule has 37 heavy (non-hydrogen) atoms. The van der Waals surface area contributed by atoms with Crippen molar-refractivity contribution in [3.05, 3.63) is 47.5 Å². The molecule has 3 rings (SSSR count). The Kier molecular flexibility index (Phi) is 9.73. The number of nitriles is 1. The molecule has 200 valence electrons. The number of amides is 2. The first-order chi connectivity index (χ1) is 17.6. The minimum absolute atomic E-state index is 0.0559. The lowest BCUT2D eigenvalue weighted by Gasteiger charge is -2.39. The van der Waals surface area contributed by atoms with Crippen LogP contribution in [0.4, 0.5) is 4.79 Å². The van der Waals surface area contributed by atoms with E-state index in [0.29, 0.717) is 45.7 Å². The minimum Gasteiger partial charge on any atom is -0.447 e. The molecule has 2 amide bonds. The number of hydrogen-bond acceptors (Lipinski definition) is 8. The van der Waals surface area contributed by atoms with Crippen molar-refractivity contribution < 1.29 is 29.1 Å². The third kappa shape index (κ3) is 7.55. The summed E-state index contributed by atoms with van der Waals surface area (Å²) < 4.78 is 10.9. The Morgan fingerprint density at radius 2 is 1.95 bits per heavy atom. The largest absolute Gasteiger partial charge is 0.475 e. The number of carbonyl (C=O) groups is 2. The second-order valence-electron chi connectivity index (χ2n) is 10.4. The SMILES string of the molecule is CC(C)(C=C(C#N)C(=O)N1CCC[C@]1(C)COC(=O)NC(Cc1ccccc1)B(O)O)N1CCOCC1. The van der Waals surface area contributed by atoms with Crippen molar-refractivity contribution in [2.75, 3.05) is 39.5 Å². The van der Waals surface area contributed by atoms with E-state index < -0.39 is 30.2 Å². The maximum Gasteiger partial charge on any atom is 0.475 e. The molecule has 10 nitrogen and oxygen atoms in total. The molecule has 0 aliphatic carbocycles. The van der Waals surface area contributed by atoms with Crippen molar-refractivity contribution in [2.45, 2.75) is 57.1 Å². The van der Waals surface area contributed by atoms with Crippen molar-refractivity contribution >= 4 is 19.1 Å². The molecular formula is C26H37BN4O6. The van der Waals surface area contributed by atoms with E-state index in [1.54, 1.807) is 11.0 Å². The summed E-state index contributed by atoms with van der Waals surface area (Å²) in [6.45, 7) is 8.78. The van der Waals surface area contributed by atoms with Gasteiger partial charge < -0.3 is 29.7 Å². The second kappa shape index (κ2) is 12.6. The number of alkyl carbamates (subject to hydrolysis) is 1. The van der Waals surface area contributed by atoms with Crippen LogP contribution in [0, 0.1) is 11.3 Å². The number of rotatable bonds is 9. The average Bonchev–Trinajstić information content (AvgIpc) is 3.28. The highest BCUT2D eigenvalue weighted by atomic mass is 16.6. The van der Waals surface area contributed by atoms with Crippen LogP contribution in [-0.2, 0) is 20.7 Å². The number of nitrogens with zero attached hydrogens (tertiary/aromatic N) is 3. The zero-order valence-corrected chi connectivity index (χ0v) is 21.9. The maximum absolute atomic E-state index is 13.4. The first-order valence-corrected chi connectivity index (χ1v) is 12.7. The molecule has 2 fully saturated rings. The van der Waals surface area contributed by atoms with E-state index >= 15 is 0 Å². The molecule has 0 bridgehead atoms. The predicted octanol–water partition coefficient (Wildman–Crippen LogP) is 1.28. The first kappa shape index (κ1) is 28.7. The minimum atomic E-state index is -1.77. The fraction of sp³-hybridized carbons (Fsp3) is 0.577. The van der Waals surface area contributed by atoms with Crippen LogP contribution in [0.25, 0.3) is 0 Å². The van der Waals surface area contributed by atoms with Crippen molar-refractivity contribution in [2.24, 2.45) is 0 Å². The zero-order valence-electron chi connectivity index (χ0n) is 21.9. The predicted molar refractivity (Wildman–Crippen MR) is 138 cm³/mol. The van der Waals surface area contributed by atoms with Gasteiger partial charge in [-0.1, -0.05) is 30.3 Å². The molecule has 11 heteroatoms. The van der Waals surface area contributed by atoms with Crippen molar-refractivity contribution in [3.63, 3.8) is 0 Å². The van der Waals surface area contributed by atoms with Gasteiger partial charge in [0.15, 0.2) is 0 Å². The number of likely N-dealkylation sites (tertiary alicyclic amines) is 1. The van der Waals surface area contributed by atoms with Crippen LogP contribution >= 0.6 is 0 Å². The monoisotopic (exact) mass is 512 g/mol. The summed E-state index contributed by atoms with van der Waals surface area (Å²) in [7, 11) is -1.77. The Balaban J connectivity index is 1.64. The van der Waals surface area contributed by atoms with Crippen molar-refractivity contribution in [1.82, 2.24) is 15.1 Å². The van der Waals surface area contributed by atoms with Gasteiger partial charge in [-0.05, 0) is 51.7 Å². The number of carbonyl (C=O) groups excluding carboxylic acids is 2. The number of morpholine rings is 1. The van der Waals surface area contributed by atoms with Crippen LogP contribution in [0.1, 0.15) is 39.2 Å². The van der Waals surface area contributed by atoms with Gasteiger partial charge in [0.25, 0.3) is 5.91 Å². The first-order valence-electron chi connectivity index (χ1n) is 12.7. The smallest absolute Gasteiger partial charge is 0.447 e. The highest BCUT2D eigenvalue weighted by Gasteiger charge is 2.42. The normalized spacial score (nSPS) is 21.7. The fourth-order valence-corrected chi connectivity index (χ4v) is 4.90. The van der Waals surface area contributed by atoms with Crippen LogP contribution in [0.15, 0.2) is 42.0 Å². The number of ether oxygens (including phenoxy) is 2. The highest BCUT2D eigenvalue weighted by Crippen LogP contribution is 2.31. The topological polar surface area (TPSA) is 135 Å². The molecule has 1 aromatic carbocycles. The summed E-state index contributed by atoms with van der Waals surface area (Å²) in [5.41, 5.74) is -0.410. The summed E-state index contributed by atoms with van der Waals surface area (Å²) >= 11 is 0. The Morgan fingerprint density at radius 3 is 2.57 bits per heavy atom. The zero-order chi connectivity index (χ0) is 27.1. The second-order valence-corrected chi connectivity index (χ2v) is 10.4. The van der Waals surface area contributed by atoms with Crippen molar-refractivity contribution in [3.8, 4) is 6.07 Å². The number of hydrogen-bond donors (Lipinski definition) is 3. The van der Waals surface area contributed by atoms with Crippen molar-refractivity contribution in [1.29, 1.82) is 5.26 Å². The molecule has 0 saturated carbocycles. The van der Waals surface area contributed by atoms with E-state index in [1.165, 1.54) is 0 Å². The molecule has 2 aliphatic rings. The molecule has 1 aromatic rings. The lowest BCUT2D eigenvalue weighted by molar-refractivity contribution is -0.131. The van der Waals surface area contributed by atoms with Gasteiger partial charge in [-0.25, -0.2) is 4.79 Å². The van der Waals surface area contributed by atoms with E-state index in [9.17, 15) is 24.9 Å². The van der Waals surface area contributed by atoms with Gasteiger partial charge in [0.2, 0.25) is 0 Å². The lowest BCUT2D eigenvalue weighted by Crippen LogP contribution is -2.52. The van der Waals surface area contributed by atoms with E-state index in [1.807, 2.05) is 51.1 Å². The van der Waals surface area contributed by atoms with Crippen LogP contribution < -0.4 is 5.32 Å². The van der Waals surface area contributed by atoms with E-state index in [0.717, 1.165) is 5.56 Å². The number of nitrogens with one attached hydrogen (secondary N) is 1. The molecule has 2 heterocycles. The molecule has 1 unspecified atom stereocenters. The van der Waals surface area contributed by atoms with E-state index in [4.69, 9.17) is 9.47 Å². The summed E-state index contributed by atoms with van der Waals surface area (Å²) in [4.78, 5) is 29.8. The summed E-state index contributed by atoms with van der Waals surface area (Å²) in [6, 6.07) is 11.2. The highest BCUT2D eigenvalue weighted by molar-refractivity contribution is 6.43. The van der Waals surface area contributed by atoms with Crippen LogP contribution in [0.5, 0.6) is 0 Å². The van der Waals surface area contributed by atoms with Crippen LogP contribution in [0.3, 0.4) is 0 Å². The average molecular weight is 512 g/mol. The molecule has 0 spiro atoms. The quantitative estimate of drug-likeness (QED) is 0.256. The fourth-order valence-electron chi connectivity index (χ4n) is 4.90. The number of benzene rings is 1. The molecule has 0 aromatic heterocycles. The Morgan fingerprint density at radius 1 is 1.27 bits per heavy atom.